The third kappa shape index (κ3) is 3.12. The molecule has 3 N–H and O–H groups in total. The summed E-state index contributed by atoms with van der Waals surface area (Å²) in [6, 6.07) is 4.73. The van der Waals surface area contributed by atoms with Gasteiger partial charge in [0.15, 0.2) is 0 Å². The van der Waals surface area contributed by atoms with Crippen LogP contribution in [0.15, 0.2) is 18.2 Å². The van der Waals surface area contributed by atoms with Gasteiger partial charge in [-0.25, -0.2) is 0 Å². The second kappa shape index (κ2) is 5.98. The highest BCUT2D eigenvalue weighted by atomic mass is 16.6. The van der Waals surface area contributed by atoms with Gasteiger partial charge in [0.25, 0.3) is 5.69 Å². The van der Waals surface area contributed by atoms with E-state index in [9.17, 15) is 14.9 Å². The quantitative estimate of drug-likeness (QED) is 0.616. The summed E-state index contributed by atoms with van der Waals surface area (Å²) >= 11 is 0. The van der Waals surface area contributed by atoms with Crippen LogP contribution in [0.25, 0.3) is 0 Å². The lowest BCUT2D eigenvalue weighted by molar-refractivity contribution is -0.385. The minimum Gasteiger partial charge on any atom is -0.366 e. The van der Waals surface area contributed by atoms with Crippen LogP contribution < -0.4 is 11.1 Å². The number of primary amides is 1. The Hall–Kier alpha value is -1.99. The molecule has 7 heteroatoms. The van der Waals surface area contributed by atoms with Gasteiger partial charge < -0.3 is 11.1 Å². The molecule has 1 saturated heterocycles. The lowest BCUT2D eigenvalue weighted by Crippen LogP contribution is -2.49. The normalized spacial score (nSPS) is 19.8. The summed E-state index contributed by atoms with van der Waals surface area (Å²) in [5.41, 5.74) is 5.88. The first-order valence-electron chi connectivity index (χ1n) is 6.51. The molecule has 1 aromatic rings. The molecule has 0 radical (unpaired) electrons. The zero-order valence-electron chi connectivity index (χ0n) is 11.3. The SMILES string of the molecule is C[C@H]1CNCCN1Cc1ccc(C(N)=O)cc1[N+](=O)[O-]. The molecule has 2 rings (SSSR count). The zero-order valence-corrected chi connectivity index (χ0v) is 11.3. The number of rotatable bonds is 4. The number of nitro groups is 1. The van der Waals surface area contributed by atoms with Crippen LogP contribution in [0.5, 0.6) is 0 Å². The van der Waals surface area contributed by atoms with E-state index in [4.69, 9.17) is 5.73 Å². The number of hydrogen-bond donors (Lipinski definition) is 2. The van der Waals surface area contributed by atoms with Crippen molar-refractivity contribution in [2.45, 2.75) is 19.5 Å². The van der Waals surface area contributed by atoms with Crippen molar-refractivity contribution in [3.05, 3.63) is 39.4 Å². The van der Waals surface area contributed by atoms with Gasteiger partial charge in [0.05, 0.1) is 4.92 Å². The fraction of sp³-hybridized carbons (Fsp3) is 0.462. The summed E-state index contributed by atoms with van der Waals surface area (Å²) in [5.74, 6) is -0.657. The fourth-order valence-corrected chi connectivity index (χ4v) is 2.36. The highest BCUT2D eigenvalue weighted by Crippen LogP contribution is 2.23. The molecule has 0 spiro atoms. The minimum absolute atomic E-state index is 0.0490. The van der Waals surface area contributed by atoms with Gasteiger partial charge in [-0.1, -0.05) is 6.07 Å². The number of nitrogens with one attached hydrogen (secondary N) is 1. The molecule has 0 unspecified atom stereocenters. The second-order valence-electron chi connectivity index (χ2n) is 4.99. The topological polar surface area (TPSA) is 102 Å². The molecule has 1 fully saturated rings. The van der Waals surface area contributed by atoms with Gasteiger partial charge in [0, 0.05) is 49.4 Å². The first-order chi connectivity index (χ1) is 9.49. The molecule has 0 saturated carbocycles. The first-order valence-corrected chi connectivity index (χ1v) is 6.51. The highest BCUT2D eigenvalue weighted by Gasteiger charge is 2.23. The van der Waals surface area contributed by atoms with Crippen molar-refractivity contribution >= 4 is 11.6 Å². The fourth-order valence-electron chi connectivity index (χ4n) is 2.36. The molecule has 1 atom stereocenters. The predicted molar refractivity (Wildman–Crippen MR) is 74.4 cm³/mol. The van der Waals surface area contributed by atoms with Gasteiger partial charge in [-0.3, -0.25) is 19.8 Å². The van der Waals surface area contributed by atoms with Crippen LogP contribution in [0.2, 0.25) is 0 Å². The smallest absolute Gasteiger partial charge is 0.274 e. The number of nitrogens with zero attached hydrogens (tertiary/aromatic N) is 2. The first kappa shape index (κ1) is 14.4. The van der Waals surface area contributed by atoms with Crippen LogP contribution in [-0.4, -0.2) is 41.4 Å². The summed E-state index contributed by atoms with van der Waals surface area (Å²) in [7, 11) is 0. The van der Waals surface area contributed by atoms with Crippen LogP contribution in [0.4, 0.5) is 5.69 Å². The highest BCUT2D eigenvalue weighted by molar-refractivity contribution is 5.93. The Morgan fingerprint density at radius 3 is 2.95 bits per heavy atom. The van der Waals surface area contributed by atoms with E-state index >= 15 is 0 Å². The van der Waals surface area contributed by atoms with Crippen LogP contribution >= 0.6 is 0 Å². The number of amides is 1. The monoisotopic (exact) mass is 278 g/mol. The molecule has 1 heterocycles. The minimum atomic E-state index is -0.657. The average molecular weight is 278 g/mol. The number of carbonyl (C=O) groups excluding carboxylic acids is 1. The standard InChI is InChI=1S/C13H18N4O3/c1-9-7-15-4-5-16(9)8-11-3-2-10(13(14)18)6-12(11)17(19)20/h2-3,6,9,15H,4-5,7-8H2,1H3,(H2,14,18)/t9-/m0/s1. The van der Waals surface area contributed by atoms with E-state index in [1.54, 1.807) is 6.07 Å². The number of hydrogen-bond acceptors (Lipinski definition) is 5. The van der Waals surface area contributed by atoms with Crippen LogP contribution in [0, 0.1) is 10.1 Å². The van der Waals surface area contributed by atoms with Crippen molar-refractivity contribution in [3.63, 3.8) is 0 Å². The third-order valence-electron chi connectivity index (χ3n) is 3.58. The number of nitro benzene ring substituents is 1. The molecule has 1 aromatic carbocycles. The maximum atomic E-state index is 11.1. The predicted octanol–water partition coefficient (Wildman–Crippen LogP) is 0.487. The Morgan fingerprint density at radius 2 is 2.35 bits per heavy atom. The number of benzene rings is 1. The van der Waals surface area contributed by atoms with Crippen LogP contribution in [0.1, 0.15) is 22.8 Å². The van der Waals surface area contributed by atoms with E-state index in [1.807, 2.05) is 0 Å². The molecule has 1 amide bonds. The Balaban J connectivity index is 2.26. The average Bonchev–Trinajstić information content (AvgIpc) is 2.41. The van der Waals surface area contributed by atoms with Crippen molar-refractivity contribution in [3.8, 4) is 0 Å². The van der Waals surface area contributed by atoms with E-state index in [1.165, 1.54) is 12.1 Å². The van der Waals surface area contributed by atoms with Crippen LogP contribution in [0.3, 0.4) is 0 Å². The van der Waals surface area contributed by atoms with E-state index in [2.05, 4.69) is 17.1 Å². The lowest BCUT2D eigenvalue weighted by Gasteiger charge is -2.33. The molecule has 0 aromatic heterocycles. The van der Waals surface area contributed by atoms with E-state index < -0.39 is 10.8 Å². The van der Waals surface area contributed by atoms with Crippen LogP contribution in [-0.2, 0) is 6.54 Å². The number of nitrogens with two attached hydrogens (primary N) is 1. The van der Waals surface area contributed by atoms with Gasteiger partial charge in [-0.15, -0.1) is 0 Å². The van der Waals surface area contributed by atoms with Crippen molar-refractivity contribution in [2.75, 3.05) is 19.6 Å². The molecule has 1 aliphatic rings. The molecule has 7 nitrogen and oxygen atoms in total. The molecule has 0 bridgehead atoms. The Morgan fingerprint density at radius 1 is 1.60 bits per heavy atom. The van der Waals surface area contributed by atoms with Crippen molar-refractivity contribution in [1.29, 1.82) is 0 Å². The van der Waals surface area contributed by atoms with Crippen molar-refractivity contribution in [1.82, 2.24) is 10.2 Å². The van der Waals surface area contributed by atoms with E-state index in [0.717, 1.165) is 19.6 Å². The molecule has 20 heavy (non-hydrogen) atoms. The third-order valence-corrected chi connectivity index (χ3v) is 3.58. The van der Waals surface area contributed by atoms with Gasteiger partial charge in [-0.2, -0.15) is 0 Å². The van der Waals surface area contributed by atoms with Gasteiger partial charge >= 0.3 is 0 Å². The lowest BCUT2D eigenvalue weighted by atomic mass is 10.1. The van der Waals surface area contributed by atoms with E-state index in [-0.39, 0.29) is 11.3 Å². The zero-order chi connectivity index (χ0) is 14.7. The maximum Gasteiger partial charge on any atom is 0.274 e. The Kier molecular flexibility index (Phi) is 4.31. The maximum absolute atomic E-state index is 11.1. The molecular formula is C13H18N4O3. The van der Waals surface area contributed by atoms with Crippen molar-refractivity contribution < 1.29 is 9.72 Å². The number of carbonyl (C=O) groups is 1. The molecular weight excluding hydrogens is 260 g/mol. The summed E-state index contributed by atoms with van der Waals surface area (Å²) in [5, 5.41) is 14.4. The Bertz CT molecular complexity index is 532. The van der Waals surface area contributed by atoms with Gasteiger partial charge in [-0.05, 0) is 13.0 Å². The molecule has 0 aliphatic carbocycles. The molecule has 1 aliphatic heterocycles. The number of piperazine rings is 1. The summed E-state index contributed by atoms with van der Waals surface area (Å²) in [4.78, 5) is 24.0. The summed E-state index contributed by atoms with van der Waals surface area (Å²) < 4.78 is 0. The van der Waals surface area contributed by atoms with E-state index in [0.29, 0.717) is 18.2 Å². The van der Waals surface area contributed by atoms with Gasteiger partial charge in [0.1, 0.15) is 0 Å². The summed E-state index contributed by atoms with van der Waals surface area (Å²) in [6.45, 7) is 5.16. The molecule has 108 valence electrons. The second-order valence-corrected chi connectivity index (χ2v) is 4.99. The largest absolute Gasteiger partial charge is 0.366 e. The summed E-state index contributed by atoms with van der Waals surface area (Å²) in [6.07, 6.45) is 0. The Labute approximate surface area is 116 Å². The van der Waals surface area contributed by atoms with Crippen molar-refractivity contribution in [2.24, 2.45) is 5.73 Å². The van der Waals surface area contributed by atoms with Gasteiger partial charge in [0.2, 0.25) is 5.91 Å².